The summed E-state index contributed by atoms with van der Waals surface area (Å²) >= 11 is -4.08. The molecule has 0 aliphatic heterocycles. The van der Waals surface area contributed by atoms with E-state index >= 15 is 0 Å². The van der Waals surface area contributed by atoms with Gasteiger partial charge in [0, 0.05) is 0 Å². The van der Waals surface area contributed by atoms with Crippen LogP contribution in [0.1, 0.15) is 0 Å². The first-order valence-corrected chi connectivity index (χ1v) is 4.51. The van der Waals surface area contributed by atoms with Gasteiger partial charge in [0.25, 0.3) is 0 Å². The molecule has 0 aliphatic rings. The molecule has 14 heteroatoms. The maximum atomic E-state index is 11.4. The van der Waals surface area contributed by atoms with Gasteiger partial charge in [-0.1, -0.05) is 0 Å². The molecule has 0 aromatic carbocycles. The molecular weight excluding hydrogens is 286 g/mol. The van der Waals surface area contributed by atoms with E-state index in [1.807, 2.05) is 0 Å². The Kier molecular flexibility index (Phi) is 14.9. The number of carboxylic acid groups (broad SMARTS) is 1. The second kappa shape index (κ2) is 12.2. The van der Waals surface area contributed by atoms with Gasteiger partial charge >= 0.3 is 52.7 Å². The molecule has 0 spiro atoms. The molecular formula is C4AlF4LiO8. The van der Waals surface area contributed by atoms with Crippen molar-refractivity contribution in [2.75, 3.05) is 0 Å². The number of hydrogen-bond donors (Lipinski definition) is 0. The summed E-state index contributed by atoms with van der Waals surface area (Å²) in [6, 6.07) is 0. The molecule has 0 atom stereocenters. The molecule has 8 nitrogen and oxygen atoms in total. The quantitative estimate of drug-likeness (QED) is 0.320. The summed E-state index contributed by atoms with van der Waals surface area (Å²) in [6.45, 7) is 0. The fourth-order valence-corrected chi connectivity index (χ4v) is 0.897. The first-order valence-electron chi connectivity index (χ1n) is 3.10. The van der Waals surface area contributed by atoms with Gasteiger partial charge < -0.3 is 21.3 Å². The Bertz CT molecular complexity index is 271. The summed E-state index contributed by atoms with van der Waals surface area (Å²) in [5.41, 5.74) is 0. The second-order valence-corrected chi connectivity index (χ2v) is 2.88. The topological polar surface area (TPSA) is 119 Å². The Morgan fingerprint density at radius 3 is 1.06 bits per heavy atom. The minimum absolute atomic E-state index is 0. The van der Waals surface area contributed by atoms with Gasteiger partial charge in [-0.15, -0.1) is 13.2 Å². The third-order valence-electron chi connectivity index (χ3n) is 0.567. The Balaban J connectivity index is -0.000000392. The summed E-state index contributed by atoms with van der Waals surface area (Å²) in [5, 5.41) is 8.22. The molecule has 0 bridgehead atoms. The first kappa shape index (κ1) is 22.0. The predicted octanol–water partition coefficient (Wildman–Crippen LogP) is -2.41. The van der Waals surface area contributed by atoms with Crippen LogP contribution in [0, 0.1) is 0 Å². The Hall–Kier alpha value is -1.27. The average molecular weight is 286 g/mol. The van der Waals surface area contributed by atoms with Crippen LogP contribution in [0.25, 0.3) is 0 Å². The van der Waals surface area contributed by atoms with Crippen LogP contribution < -0.4 is 24.0 Å². The Morgan fingerprint density at radius 1 is 0.778 bits per heavy atom. The van der Waals surface area contributed by atoms with Gasteiger partial charge in [0.15, 0.2) is 0 Å². The van der Waals surface area contributed by atoms with Crippen LogP contribution in [-0.4, -0.2) is 40.0 Å². The zero-order valence-corrected chi connectivity index (χ0v) is 9.51. The molecule has 0 radical (unpaired) electrons. The van der Waals surface area contributed by atoms with E-state index in [4.69, 9.17) is 9.90 Å². The van der Waals surface area contributed by atoms with Crippen molar-refractivity contribution in [3.8, 4) is 0 Å². The van der Waals surface area contributed by atoms with Crippen molar-refractivity contribution >= 4 is 40.0 Å². The van der Waals surface area contributed by atoms with E-state index in [1.54, 1.807) is 0 Å². The van der Waals surface area contributed by atoms with Crippen molar-refractivity contribution in [3.63, 3.8) is 0 Å². The van der Waals surface area contributed by atoms with Crippen molar-refractivity contribution in [3.05, 3.63) is 0 Å². The average Bonchev–Trinajstić information content (AvgIpc) is 1.96. The largest absolute Gasteiger partial charge is 1.21 e. The van der Waals surface area contributed by atoms with Crippen LogP contribution in [0.5, 0.6) is 0 Å². The van der Waals surface area contributed by atoms with Gasteiger partial charge in [0.05, 0.1) is 0 Å². The summed E-state index contributed by atoms with van der Waals surface area (Å²) in [5.74, 6) is 0. The van der Waals surface area contributed by atoms with Gasteiger partial charge in [0.1, 0.15) is 0 Å². The molecule has 0 fully saturated rings. The van der Waals surface area contributed by atoms with E-state index in [0.717, 1.165) is 0 Å². The molecule has 0 unspecified atom stereocenters. The Labute approximate surface area is 112 Å². The number of carbonyl (C=O) groups excluding carboxylic acids is 4. The van der Waals surface area contributed by atoms with Gasteiger partial charge in [-0.3, -0.25) is 0 Å². The van der Waals surface area contributed by atoms with Crippen LogP contribution in [0.4, 0.5) is 36.7 Å². The van der Waals surface area contributed by atoms with E-state index in [2.05, 4.69) is 11.4 Å². The minimum Gasteiger partial charge on any atom is -0.524 e. The number of halogens is 4. The molecule has 0 amide bonds. The van der Waals surface area contributed by atoms with Crippen molar-refractivity contribution in [1.82, 2.24) is 0 Å². The molecule has 96 valence electrons. The van der Waals surface area contributed by atoms with Gasteiger partial charge in [0.2, 0.25) is 6.22 Å². The summed E-state index contributed by atoms with van der Waals surface area (Å²) in [6.07, 6.45) is -10.0. The van der Waals surface area contributed by atoms with Crippen LogP contribution in [0.2, 0.25) is 0 Å². The molecule has 0 heterocycles. The van der Waals surface area contributed by atoms with Crippen molar-refractivity contribution in [1.29, 1.82) is 0 Å². The molecule has 0 aromatic heterocycles. The monoisotopic (exact) mass is 286 g/mol. The molecule has 0 saturated carbocycles. The van der Waals surface area contributed by atoms with Crippen molar-refractivity contribution in [2.24, 2.45) is 0 Å². The summed E-state index contributed by atoms with van der Waals surface area (Å²) in [7, 11) is 0. The van der Waals surface area contributed by atoms with Crippen LogP contribution in [0.3, 0.4) is 0 Å². The molecule has 0 aromatic rings. The van der Waals surface area contributed by atoms with Crippen LogP contribution in [0.15, 0.2) is 0 Å². The van der Waals surface area contributed by atoms with E-state index < -0.39 is 40.0 Å². The van der Waals surface area contributed by atoms with Gasteiger partial charge in [-0.25, -0.2) is 14.4 Å². The normalized spacial score (nSPS) is 7.56. The summed E-state index contributed by atoms with van der Waals surface area (Å²) in [4.78, 5) is 36.8. The van der Waals surface area contributed by atoms with Crippen LogP contribution in [-0.2, 0) is 11.4 Å². The third-order valence-corrected chi connectivity index (χ3v) is 1.70. The fraction of sp³-hybridized carbons (Fsp3) is 0. The predicted molar refractivity (Wildman–Crippen MR) is 35.0 cm³/mol. The second-order valence-electron chi connectivity index (χ2n) is 1.59. The first-order chi connectivity index (χ1) is 7.65. The smallest absolute Gasteiger partial charge is 0.524 e. The van der Waals surface area contributed by atoms with Gasteiger partial charge in [-0.05, 0) is 0 Å². The molecule has 0 aliphatic carbocycles. The Morgan fingerprint density at radius 2 is 0.944 bits per heavy atom. The van der Waals surface area contributed by atoms with Crippen molar-refractivity contribution in [2.45, 2.75) is 0 Å². The minimum atomic E-state index is -4.08. The van der Waals surface area contributed by atoms with E-state index in [0.29, 0.717) is 0 Å². The molecule has 18 heavy (non-hydrogen) atoms. The van der Waals surface area contributed by atoms with E-state index in [1.165, 1.54) is 0 Å². The SMILES string of the molecule is O=C(F)[O][Al]([O]C(=O)F)[O]C(=O)F.O=C([O-])F.[Li+]. The number of carbonyl (C=O) groups is 4. The molecule has 0 N–H and O–H groups in total. The standard InChI is InChI=1S/4CHFO2.Al.Li/c4*2-1(3)4;;/h4*(H,3,4);;/q;;;;+3;+1/p-4. The zero-order valence-electron chi connectivity index (χ0n) is 8.36. The molecule has 0 rings (SSSR count). The maximum Gasteiger partial charge on any atom is 1.21 e. The fourth-order valence-electron chi connectivity index (χ4n) is 0.299. The van der Waals surface area contributed by atoms with Gasteiger partial charge in [-0.2, -0.15) is 4.39 Å². The number of rotatable bonds is 3. The maximum absolute atomic E-state index is 11.4. The summed E-state index contributed by atoms with van der Waals surface area (Å²) < 4.78 is 54.0. The molecule has 0 saturated heterocycles. The van der Waals surface area contributed by atoms with Crippen molar-refractivity contribution < 1.29 is 72.1 Å². The van der Waals surface area contributed by atoms with Crippen LogP contribution >= 0.6 is 0 Å². The van der Waals surface area contributed by atoms with E-state index in [9.17, 15) is 31.9 Å². The zero-order chi connectivity index (χ0) is 14.0. The number of hydrogen-bond acceptors (Lipinski definition) is 8. The van der Waals surface area contributed by atoms with E-state index in [-0.39, 0.29) is 18.9 Å². The third kappa shape index (κ3) is 24.1.